The van der Waals surface area contributed by atoms with Crippen LogP contribution in [0.1, 0.15) is 35.0 Å². The zero-order valence-corrected chi connectivity index (χ0v) is 18.7. The number of ether oxygens (including phenoxy) is 2. The molecule has 4 rings (SSSR count). The highest BCUT2D eigenvalue weighted by Crippen LogP contribution is 2.32. The van der Waals surface area contributed by atoms with Crippen molar-refractivity contribution in [1.82, 2.24) is 9.80 Å². The molecule has 172 valence electrons. The Morgan fingerprint density at radius 1 is 0.909 bits per heavy atom. The molecule has 0 atom stereocenters. The third-order valence-corrected chi connectivity index (χ3v) is 5.52. The first-order valence-electron chi connectivity index (χ1n) is 11.2. The molecule has 0 saturated heterocycles. The molecule has 33 heavy (non-hydrogen) atoms. The molecule has 0 bridgehead atoms. The summed E-state index contributed by atoms with van der Waals surface area (Å²) in [6.07, 6.45) is 3.06. The standard InChI is InChI=1S/C26H28N2O5/c1-2-13-28(26(30)21-10-11-23-24(16-21)33-19-32-23)18-25(29)27(17-22-9-6-15-31-22)14-12-20-7-4-3-5-8-20/h3-11,15-16H,2,12-14,17-19H2,1H3. The highest BCUT2D eigenvalue weighted by molar-refractivity contribution is 5.97. The van der Waals surface area contributed by atoms with Crippen LogP contribution in [0.4, 0.5) is 0 Å². The number of carbonyl (C=O) groups is 2. The van der Waals surface area contributed by atoms with Crippen molar-refractivity contribution in [1.29, 1.82) is 0 Å². The second-order valence-electron chi connectivity index (χ2n) is 7.93. The van der Waals surface area contributed by atoms with Gasteiger partial charge in [-0.05, 0) is 48.7 Å². The van der Waals surface area contributed by atoms with Crippen LogP contribution in [-0.4, -0.2) is 48.0 Å². The number of carbonyl (C=O) groups excluding carboxylic acids is 2. The number of hydrogen-bond donors (Lipinski definition) is 0. The quantitative estimate of drug-likeness (QED) is 0.466. The molecule has 7 heteroatoms. The average Bonchev–Trinajstić information content (AvgIpc) is 3.53. The summed E-state index contributed by atoms with van der Waals surface area (Å²) < 4.78 is 16.2. The number of amides is 2. The van der Waals surface area contributed by atoms with Crippen molar-refractivity contribution in [3.05, 3.63) is 83.8 Å². The minimum Gasteiger partial charge on any atom is -0.467 e. The van der Waals surface area contributed by atoms with Gasteiger partial charge < -0.3 is 23.7 Å². The lowest BCUT2D eigenvalue weighted by Gasteiger charge is -2.27. The molecule has 0 fully saturated rings. The van der Waals surface area contributed by atoms with Gasteiger partial charge in [0.1, 0.15) is 12.3 Å². The number of furan rings is 1. The van der Waals surface area contributed by atoms with Gasteiger partial charge in [-0.2, -0.15) is 0 Å². The number of hydrogen-bond acceptors (Lipinski definition) is 5. The van der Waals surface area contributed by atoms with E-state index in [9.17, 15) is 9.59 Å². The minimum atomic E-state index is -0.204. The Morgan fingerprint density at radius 2 is 1.73 bits per heavy atom. The molecular formula is C26H28N2O5. The van der Waals surface area contributed by atoms with Crippen LogP contribution in [0.15, 0.2) is 71.3 Å². The number of nitrogens with zero attached hydrogens (tertiary/aromatic N) is 2. The molecule has 1 aliphatic rings. The largest absolute Gasteiger partial charge is 0.467 e. The van der Waals surface area contributed by atoms with E-state index in [1.165, 1.54) is 0 Å². The Labute approximate surface area is 193 Å². The number of rotatable bonds is 10. The van der Waals surface area contributed by atoms with E-state index in [1.54, 1.807) is 34.3 Å². The summed E-state index contributed by atoms with van der Waals surface area (Å²) in [5.41, 5.74) is 1.62. The molecule has 1 aliphatic heterocycles. The van der Waals surface area contributed by atoms with E-state index in [2.05, 4.69) is 0 Å². The molecule has 0 spiro atoms. The lowest BCUT2D eigenvalue weighted by molar-refractivity contribution is -0.132. The highest BCUT2D eigenvalue weighted by atomic mass is 16.7. The highest BCUT2D eigenvalue weighted by Gasteiger charge is 2.24. The van der Waals surface area contributed by atoms with E-state index in [1.807, 2.05) is 49.4 Å². The fraction of sp³-hybridized carbons (Fsp3) is 0.308. The second-order valence-corrected chi connectivity index (χ2v) is 7.93. The van der Waals surface area contributed by atoms with Crippen LogP contribution >= 0.6 is 0 Å². The van der Waals surface area contributed by atoms with E-state index >= 15 is 0 Å². The Balaban J connectivity index is 1.47. The van der Waals surface area contributed by atoms with Gasteiger partial charge in [0.25, 0.3) is 5.91 Å². The van der Waals surface area contributed by atoms with Crippen molar-refractivity contribution in [2.75, 3.05) is 26.4 Å². The first-order chi connectivity index (χ1) is 16.1. The lowest BCUT2D eigenvalue weighted by Crippen LogP contribution is -2.43. The molecule has 2 aromatic carbocycles. The summed E-state index contributed by atoms with van der Waals surface area (Å²) in [5.74, 6) is 1.55. The van der Waals surface area contributed by atoms with Gasteiger partial charge in [0.2, 0.25) is 12.7 Å². The summed E-state index contributed by atoms with van der Waals surface area (Å²) in [5, 5.41) is 0. The lowest BCUT2D eigenvalue weighted by atomic mass is 10.1. The minimum absolute atomic E-state index is 0.00336. The SMILES string of the molecule is CCCN(CC(=O)N(CCc1ccccc1)Cc1ccco1)C(=O)c1ccc2c(c1)OCO2. The van der Waals surface area contributed by atoms with Crippen molar-refractivity contribution in [3.63, 3.8) is 0 Å². The van der Waals surface area contributed by atoms with Gasteiger partial charge >= 0.3 is 0 Å². The Bertz CT molecular complexity index is 1070. The van der Waals surface area contributed by atoms with Gasteiger partial charge in [-0.3, -0.25) is 9.59 Å². The summed E-state index contributed by atoms with van der Waals surface area (Å²) in [6, 6.07) is 18.8. The van der Waals surface area contributed by atoms with Crippen LogP contribution in [0.5, 0.6) is 11.5 Å². The van der Waals surface area contributed by atoms with Crippen LogP contribution in [0.25, 0.3) is 0 Å². The van der Waals surface area contributed by atoms with Crippen LogP contribution < -0.4 is 9.47 Å². The maximum atomic E-state index is 13.3. The van der Waals surface area contributed by atoms with Gasteiger partial charge in [-0.25, -0.2) is 0 Å². The molecule has 2 heterocycles. The van der Waals surface area contributed by atoms with Gasteiger partial charge in [0, 0.05) is 18.7 Å². The van der Waals surface area contributed by atoms with Crippen molar-refractivity contribution < 1.29 is 23.5 Å². The molecule has 0 radical (unpaired) electrons. The van der Waals surface area contributed by atoms with Crippen molar-refractivity contribution >= 4 is 11.8 Å². The van der Waals surface area contributed by atoms with Crippen molar-refractivity contribution in [2.24, 2.45) is 0 Å². The van der Waals surface area contributed by atoms with Gasteiger partial charge in [0.05, 0.1) is 12.8 Å². The van der Waals surface area contributed by atoms with Crippen molar-refractivity contribution in [3.8, 4) is 11.5 Å². The monoisotopic (exact) mass is 448 g/mol. The predicted molar refractivity (Wildman–Crippen MR) is 123 cm³/mol. The van der Waals surface area contributed by atoms with E-state index in [0.717, 1.165) is 18.4 Å². The Kier molecular flexibility index (Phi) is 7.29. The average molecular weight is 449 g/mol. The smallest absolute Gasteiger partial charge is 0.254 e. The predicted octanol–water partition coefficient (Wildman–Crippen LogP) is 4.13. The maximum Gasteiger partial charge on any atom is 0.254 e. The molecule has 3 aromatic rings. The summed E-state index contributed by atoms with van der Waals surface area (Å²) in [7, 11) is 0. The van der Waals surface area contributed by atoms with Gasteiger partial charge in [-0.15, -0.1) is 0 Å². The third-order valence-electron chi connectivity index (χ3n) is 5.52. The fourth-order valence-electron chi connectivity index (χ4n) is 3.79. The molecule has 0 saturated carbocycles. The van der Waals surface area contributed by atoms with Crippen LogP contribution in [0, 0.1) is 0 Å². The molecule has 0 N–H and O–H groups in total. The second kappa shape index (κ2) is 10.7. The van der Waals surface area contributed by atoms with E-state index < -0.39 is 0 Å². The van der Waals surface area contributed by atoms with Crippen LogP contribution in [0.3, 0.4) is 0 Å². The molecule has 7 nitrogen and oxygen atoms in total. The molecule has 0 aliphatic carbocycles. The molecular weight excluding hydrogens is 420 g/mol. The van der Waals surface area contributed by atoms with Gasteiger partial charge in [-0.1, -0.05) is 37.3 Å². The van der Waals surface area contributed by atoms with E-state index in [0.29, 0.717) is 42.5 Å². The van der Waals surface area contributed by atoms with E-state index in [4.69, 9.17) is 13.9 Å². The first kappa shape index (κ1) is 22.5. The first-order valence-corrected chi connectivity index (χ1v) is 11.2. The normalized spacial score (nSPS) is 11.9. The fourth-order valence-corrected chi connectivity index (χ4v) is 3.79. The number of benzene rings is 2. The third kappa shape index (κ3) is 5.74. The Morgan fingerprint density at radius 3 is 2.48 bits per heavy atom. The Hall–Kier alpha value is -3.74. The van der Waals surface area contributed by atoms with Crippen LogP contribution in [-0.2, 0) is 17.8 Å². The topological polar surface area (TPSA) is 72.2 Å². The summed E-state index contributed by atoms with van der Waals surface area (Å²) in [6.45, 7) is 3.50. The zero-order chi connectivity index (χ0) is 23.0. The molecule has 0 unspecified atom stereocenters. The van der Waals surface area contributed by atoms with Gasteiger partial charge in [0.15, 0.2) is 11.5 Å². The van der Waals surface area contributed by atoms with Crippen molar-refractivity contribution in [2.45, 2.75) is 26.3 Å². The summed E-state index contributed by atoms with van der Waals surface area (Å²) >= 11 is 0. The number of fused-ring (bicyclic) bond motifs is 1. The zero-order valence-electron chi connectivity index (χ0n) is 18.7. The maximum absolute atomic E-state index is 13.3. The summed E-state index contributed by atoms with van der Waals surface area (Å²) in [4.78, 5) is 29.9. The van der Waals surface area contributed by atoms with Crippen LogP contribution in [0.2, 0.25) is 0 Å². The van der Waals surface area contributed by atoms with E-state index in [-0.39, 0.29) is 25.2 Å². The molecule has 1 aromatic heterocycles. The molecule has 2 amide bonds.